The van der Waals surface area contributed by atoms with Gasteiger partial charge in [0.25, 0.3) is 0 Å². The predicted octanol–water partition coefficient (Wildman–Crippen LogP) is 3.10. The normalized spacial score (nSPS) is 10.1. The third kappa shape index (κ3) is 2.17. The van der Waals surface area contributed by atoms with Crippen molar-refractivity contribution in [1.82, 2.24) is 4.98 Å². The Hall–Kier alpha value is -1.55. The standard InChI is InChI=1S/C12H11BrN2O/c1-16-12-7-8(14)6-11(15-12)9-4-2-3-5-10(9)13/h2-7H,1H3,(H2,14,15). The van der Waals surface area contributed by atoms with Gasteiger partial charge in [-0.25, -0.2) is 4.98 Å². The van der Waals surface area contributed by atoms with E-state index >= 15 is 0 Å². The molecule has 0 radical (unpaired) electrons. The van der Waals surface area contributed by atoms with Crippen LogP contribution in [0.3, 0.4) is 0 Å². The van der Waals surface area contributed by atoms with Crippen LogP contribution in [0.4, 0.5) is 5.69 Å². The van der Waals surface area contributed by atoms with Crippen LogP contribution in [0.1, 0.15) is 0 Å². The fraction of sp³-hybridized carbons (Fsp3) is 0.0833. The van der Waals surface area contributed by atoms with Gasteiger partial charge in [-0.05, 0) is 12.1 Å². The number of hydrogen-bond donors (Lipinski definition) is 1. The molecular weight excluding hydrogens is 268 g/mol. The molecule has 4 heteroatoms. The maximum atomic E-state index is 5.79. The number of hydrogen-bond acceptors (Lipinski definition) is 3. The maximum absolute atomic E-state index is 5.79. The molecule has 0 fully saturated rings. The van der Waals surface area contributed by atoms with Gasteiger partial charge >= 0.3 is 0 Å². The van der Waals surface area contributed by atoms with Crippen LogP contribution in [0.15, 0.2) is 40.9 Å². The summed E-state index contributed by atoms with van der Waals surface area (Å²) in [6.45, 7) is 0. The van der Waals surface area contributed by atoms with E-state index < -0.39 is 0 Å². The molecule has 16 heavy (non-hydrogen) atoms. The molecule has 0 spiro atoms. The molecule has 82 valence electrons. The summed E-state index contributed by atoms with van der Waals surface area (Å²) in [5, 5.41) is 0. The SMILES string of the molecule is COc1cc(N)cc(-c2ccccc2Br)n1. The molecule has 0 unspecified atom stereocenters. The second kappa shape index (κ2) is 4.53. The van der Waals surface area contributed by atoms with Gasteiger partial charge in [0, 0.05) is 21.8 Å². The van der Waals surface area contributed by atoms with Crippen LogP contribution in [-0.4, -0.2) is 12.1 Å². The molecule has 2 rings (SSSR count). The van der Waals surface area contributed by atoms with Crippen molar-refractivity contribution in [2.24, 2.45) is 0 Å². The lowest BCUT2D eigenvalue weighted by molar-refractivity contribution is 0.398. The van der Waals surface area contributed by atoms with E-state index in [1.807, 2.05) is 30.3 Å². The van der Waals surface area contributed by atoms with Gasteiger partial charge in [0.05, 0.1) is 12.8 Å². The molecule has 0 bridgehead atoms. The van der Waals surface area contributed by atoms with E-state index in [9.17, 15) is 0 Å². The summed E-state index contributed by atoms with van der Waals surface area (Å²) < 4.78 is 6.07. The minimum absolute atomic E-state index is 0.519. The quantitative estimate of drug-likeness (QED) is 0.918. The highest BCUT2D eigenvalue weighted by molar-refractivity contribution is 9.10. The van der Waals surface area contributed by atoms with Crippen LogP contribution in [0.2, 0.25) is 0 Å². The van der Waals surface area contributed by atoms with Crippen molar-refractivity contribution in [3.8, 4) is 17.1 Å². The van der Waals surface area contributed by atoms with Gasteiger partial charge in [0.1, 0.15) is 0 Å². The van der Waals surface area contributed by atoms with Crippen LogP contribution in [0.25, 0.3) is 11.3 Å². The first-order valence-electron chi connectivity index (χ1n) is 4.77. The molecule has 0 atom stereocenters. The molecule has 0 aliphatic heterocycles. The van der Waals surface area contributed by atoms with Crippen molar-refractivity contribution in [3.63, 3.8) is 0 Å². The van der Waals surface area contributed by atoms with E-state index in [0.29, 0.717) is 11.6 Å². The summed E-state index contributed by atoms with van der Waals surface area (Å²) in [5.74, 6) is 0.519. The number of nitrogens with two attached hydrogens (primary N) is 1. The Morgan fingerprint density at radius 1 is 1.25 bits per heavy atom. The number of halogens is 1. The van der Waals surface area contributed by atoms with E-state index in [1.165, 1.54) is 0 Å². The van der Waals surface area contributed by atoms with Crippen molar-refractivity contribution in [3.05, 3.63) is 40.9 Å². The first-order chi connectivity index (χ1) is 7.70. The molecule has 0 saturated carbocycles. The van der Waals surface area contributed by atoms with Gasteiger partial charge in [0.15, 0.2) is 0 Å². The monoisotopic (exact) mass is 278 g/mol. The minimum atomic E-state index is 0.519. The second-order valence-corrected chi connectivity index (χ2v) is 4.16. The van der Waals surface area contributed by atoms with E-state index in [2.05, 4.69) is 20.9 Å². The highest BCUT2D eigenvalue weighted by Gasteiger charge is 2.06. The summed E-state index contributed by atoms with van der Waals surface area (Å²) in [7, 11) is 1.57. The van der Waals surface area contributed by atoms with Gasteiger partial charge in [-0.15, -0.1) is 0 Å². The first kappa shape index (κ1) is 11.0. The number of pyridine rings is 1. The highest BCUT2D eigenvalue weighted by Crippen LogP contribution is 2.29. The number of nitrogen functional groups attached to an aromatic ring is 1. The zero-order valence-electron chi connectivity index (χ0n) is 8.77. The Labute approximate surface area is 102 Å². The number of nitrogens with zero attached hydrogens (tertiary/aromatic N) is 1. The van der Waals surface area contributed by atoms with E-state index in [1.54, 1.807) is 13.2 Å². The highest BCUT2D eigenvalue weighted by atomic mass is 79.9. The summed E-state index contributed by atoms with van der Waals surface area (Å²) in [5.41, 5.74) is 8.21. The minimum Gasteiger partial charge on any atom is -0.481 e. The van der Waals surface area contributed by atoms with Crippen molar-refractivity contribution in [2.45, 2.75) is 0 Å². The average Bonchev–Trinajstić information content (AvgIpc) is 2.28. The molecule has 0 aliphatic carbocycles. The number of ether oxygens (including phenoxy) is 1. The fourth-order valence-electron chi connectivity index (χ4n) is 1.44. The van der Waals surface area contributed by atoms with Gasteiger partial charge in [-0.3, -0.25) is 0 Å². The smallest absolute Gasteiger partial charge is 0.215 e. The molecule has 1 heterocycles. The number of methoxy groups -OCH3 is 1. The topological polar surface area (TPSA) is 48.1 Å². The Bertz CT molecular complexity index is 514. The van der Waals surface area contributed by atoms with Crippen LogP contribution in [0, 0.1) is 0 Å². The van der Waals surface area contributed by atoms with Crippen molar-refractivity contribution < 1.29 is 4.74 Å². The van der Waals surface area contributed by atoms with Gasteiger partial charge in [-0.1, -0.05) is 34.1 Å². The summed E-state index contributed by atoms with van der Waals surface area (Å²) in [6.07, 6.45) is 0. The third-order valence-corrected chi connectivity index (χ3v) is 2.87. The zero-order valence-corrected chi connectivity index (χ0v) is 10.4. The Balaban J connectivity index is 2.56. The summed E-state index contributed by atoms with van der Waals surface area (Å²) in [4.78, 5) is 4.35. The van der Waals surface area contributed by atoms with Crippen LogP contribution in [0.5, 0.6) is 5.88 Å². The number of rotatable bonds is 2. The lowest BCUT2D eigenvalue weighted by Crippen LogP contribution is -1.94. The van der Waals surface area contributed by atoms with Crippen molar-refractivity contribution in [2.75, 3.05) is 12.8 Å². The molecule has 0 amide bonds. The Kier molecular flexibility index (Phi) is 3.10. The van der Waals surface area contributed by atoms with Gasteiger partial charge < -0.3 is 10.5 Å². The van der Waals surface area contributed by atoms with Crippen molar-refractivity contribution in [1.29, 1.82) is 0 Å². The first-order valence-corrected chi connectivity index (χ1v) is 5.56. The molecule has 1 aromatic carbocycles. The summed E-state index contributed by atoms with van der Waals surface area (Å²) >= 11 is 3.48. The van der Waals surface area contributed by atoms with Crippen LogP contribution >= 0.6 is 15.9 Å². The molecule has 2 aromatic rings. The van der Waals surface area contributed by atoms with E-state index in [0.717, 1.165) is 15.7 Å². The Morgan fingerprint density at radius 2 is 2.00 bits per heavy atom. The van der Waals surface area contributed by atoms with E-state index in [4.69, 9.17) is 10.5 Å². The van der Waals surface area contributed by atoms with E-state index in [-0.39, 0.29) is 0 Å². The largest absolute Gasteiger partial charge is 0.481 e. The third-order valence-electron chi connectivity index (χ3n) is 2.18. The van der Waals surface area contributed by atoms with Gasteiger partial charge in [-0.2, -0.15) is 0 Å². The fourth-order valence-corrected chi connectivity index (χ4v) is 1.92. The molecule has 1 aromatic heterocycles. The van der Waals surface area contributed by atoms with Crippen LogP contribution in [-0.2, 0) is 0 Å². The zero-order chi connectivity index (χ0) is 11.5. The lowest BCUT2D eigenvalue weighted by Gasteiger charge is -2.07. The molecule has 0 saturated heterocycles. The molecule has 0 aliphatic rings. The molecule has 2 N–H and O–H groups in total. The summed E-state index contributed by atoms with van der Waals surface area (Å²) in [6, 6.07) is 11.4. The lowest BCUT2D eigenvalue weighted by atomic mass is 10.1. The maximum Gasteiger partial charge on any atom is 0.215 e. The van der Waals surface area contributed by atoms with Crippen molar-refractivity contribution >= 4 is 21.6 Å². The van der Waals surface area contributed by atoms with Crippen LogP contribution < -0.4 is 10.5 Å². The van der Waals surface area contributed by atoms with Gasteiger partial charge in [0.2, 0.25) is 5.88 Å². The number of aromatic nitrogens is 1. The Morgan fingerprint density at radius 3 is 2.69 bits per heavy atom. The molecular formula is C12H11BrN2O. The number of anilines is 1. The molecule has 3 nitrogen and oxygen atoms in total. The average molecular weight is 279 g/mol. The number of benzene rings is 1. The second-order valence-electron chi connectivity index (χ2n) is 3.31. The predicted molar refractivity (Wildman–Crippen MR) is 68.3 cm³/mol.